The van der Waals surface area contributed by atoms with Gasteiger partial charge in [0.2, 0.25) is 0 Å². The van der Waals surface area contributed by atoms with Crippen molar-refractivity contribution < 1.29 is 8.42 Å². The smallest absolute Gasteiger partial charge is 0.179 e. The van der Waals surface area contributed by atoms with Crippen LogP contribution in [0.25, 0.3) is 0 Å². The van der Waals surface area contributed by atoms with Crippen LogP contribution in [-0.2, 0) is 9.84 Å². The second-order valence-electron chi connectivity index (χ2n) is 4.57. The van der Waals surface area contributed by atoms with Crippen LogP contribution in [0.5, 0.6) is 0 Å². The molecule has 0 amide bonds. The van der Waals surface area contributed by atoms with E-state index >= 15 is 0 Å². The van der Waals surface area contributed by atoms with E-state index < -0.39 is 9.84 Å². The van der Waals surface area contributed by atoms with Crippen LogP contribution in [0.1, 0.15) is 6.92 Å². The fourth-order valence-corrected chi connectivity index (χ4v) is 3.24. The van der Waals surface area contributed by atoms with Gasteiger partial charge in [0.1, 0.15) is 0 Å². The van der Waals surface area contributed by atoms with Gasteiger partial charge >= 0.3 is 0 Å². The Labute approximate surface area is 123 Å². The van der Waals surface area contributed by atoms with Gasteiger partial charge in [-0.1, -0.05) is 15.9 Å². The predicted octanol–water partition coefficient (Wildman–Crippen LogP) is 2.31. The Balaban J connectivity index is 2.61. The van der Waals surface area contributed by atoms with Crippen LogP contribution in [0.15, 0.2) is 33.6 Å². The maximum absolute atomic E-state index is 12.1. The molecule has 19 heavy (non-hydrogen) atoms. The summed E-state index contributed by atoms with van der Waals surface area (Å²) in [6.45, 7) is 2.82. The Morgan fingerprint density at radius 1 is 1.37 bits per heavy atom. The standard InChI is InChI=1S/C13H17BrN2O2S/c1-11(9-15)10-16(2)7-8-19(17,18)13-5-3-12(14)4-6-13/h3-6,11H,7-8,10H2,1-2H3/t11-/m0/s1. The molecule has 0 unspecified atom stereocenters. The molecule has 0 aliphatic rings. The summed E-state index contributed by atoms with van der Waals surface area (Å²) in [5.41, 5.74) is 0. The molecule has 1 atom stereocenters. The average Bonchev–Trinajstić information content (AvgIpc) is 2.37. The summed E-state index contributed by atoms with van der Waals surface area (Å²) in [6.07, 6.45) is 0. The summed E-state index contributed by atoms with van der Waals surface area (Å²) in [6, 6.07) is 8.76. The van der Waals surface area contributed by atoms with Crippen molar-refractivity contribution in [1.82, 2.24) is 4.90 Å². The summed E-state index contributed by atoms with van der Waals surface area (Å²) >= 11 is 3.28. The number of benzene rings is 1. The van der Waals surface area contributed by atoms with Crippen LogP contribution in [0, 0.1) is 17.2 Å². The van der Waals surface area contributed by atoms with E-state index in [1.54, 1.807) is 24.3 Å². The molecule has 0 heterocycles. The minimum absolute atomic E-state index is 0.0588. The van der Waals surface area contributed by atoms with E-state index in [0.29, 0.717) is 18.0 Å². The molecule has 0 saturated heterocycles. The van der Waals surface area contributed by atoms with Gasteiger partial charge in [0, 0.05) is 17.6 Å². The fraction of sp³-hybridized carbons (Fsp3) is 0.462. The zero-order valence-electron chi connectivity index (χ0n) is 11.0. The van der Waals surface area contributed by atoms with Gasteiger partial charge < -0.3 is 4.90 Å². The highest BCUT2D eigenvalue weighted by molar-refractivity contribution is 9.10. The van der Waals surface area contributed by atoms with Gasteiger partial charge in [-0.25, -0.2) is 8.42 Å². The summed E-state index contributed by atoms with van der Waals surface area (Å²) in [5, 5.41) is 8.72. The highest BCUT2D eigenvalue weighted by atomic mass is 79.9. The fourth-order valence-electron chi connectivity index (χ4n) is 1.64. The summed E-state index contributed by atoms with van der Waals surface area (Å²) < 4.78 is 25.0. The van der Waals surface area contributed by atoms with Crippen molar-refractivity contribution in [1.29, 1.82) is 5.26 Å². The zero-order chi connectivity index (χ0) is 14.5. The highest BCUT2D eigenvalue weighted by Crippen LogP contribution is 2.16. The second kappa shape index (κ2) is 7.04. The number of nitrogens with zero attached hydrogens (tertiary/aromatic N) is 2. The number of hydrogen-bond donors (Lipinski definition) is 0. The second-order valence-corrected chi connectivity index (χ2v) is 7.59. The SMILES string of the molecule is C[C@@H](C#N)CN(C)CCS(=O)(=O)c1ccc(Br)cc1. The first kappa shape index (κ1) is 16.2. The Morgan fingerprint density at radius 2 is 1.95 bits per heavy atom. The molecule has 4 nitrogen and oxygen atoms in total. The average molecular weight is 345 g/mol. The van der Waals surface area contributed by atoms with Crippen LogP contribution < -0.4 is 0 Å². The van der Waals surface area contributed by atoms with E-state index in [1.165, 1.54) is 0 Å². The first-order chi connectivity index (χ1) is 8.85. The van der Waals surface area contributed by atoms with Gasteiger partial charge in [0.15, 0.2) is 9.84 Å². The van der Waals surface area contributed by atoms with Crippen LogP contribution in [0.2, 0.25) is 0 Å². The van der Waals surface area contributed by atoms with Gasteiger partial charge in [0.05, 0.1) is 22.6 Å². The van der Waals surface area contributed by atoms with Crippen molar-refractivity contribution in [2.24, 2.45) is 5.92 Å². The lowest BCUT2D eigenvalue weighted by atomic mass is 10.2. The van der Waals surface area contributed by atoms with Gasteiger partial charge in [-0.05, 0) is 38.2 Å². The molecule has 1 rings (SSSR count). The number of rotatable bonds is 6. The van der Waals surface area contributed by atoms with E-state index in [9.17, 15) is 8.42 Å². The number of halogens is 1. The molecule has 0 spiro atoms. The molecule has 0 aromatic heterocycles. The largest absolute Gasteiger partial charge is 0.304 e. The predicted molar refractivity (Wildman–Crippen MR) is 78.5 cm³/mol. The van der Waals surface area contributed by atoms with E-state index in [1.807, 2.05) is 18.9 Å². The Bertz CT molecular complexity index is 549. The molecule has 1 aromatic rings. The highest BCUT2D eigenvalue weighted by Gasteiger charge is 2.15. The van der Waals surface area contributed by atoms with Crippen molar-refractivity contribution in [3.63, 3.8) is 0 Å². The van der Waals surface area contributed by atoms with Crippen LogP contribution in [0.3, 0.4) is 0 Å². The molecule has 0 aliphatic carbocycles. The van der Waals surface area contributed by atoms with Gasteiger partial charge in [-0.2, -0.15) is 5.26 Å². The lowest BCUT2D eigenvalue weighted by Gasteiger charge is -2.17. The van der Waals surface area contributed by atoms with E-state index in [4.69, 9.17) is 5.26 Å². The third kappa shape index (κ3) is 5.31. The van der Waals surface area contributed by atoms with Gasteiger partial charge in [0.25, 0.3) is 0 Å². The van der Waals surface area contributed by atoms with Crippen molar-refractivity contribution in [3.05, 3.63) is 28.7 Å². The van der Waals surface area contributed by atoms with Crippen molar-refractivity contribution in [3.8, 4) is 6.07 Å². The number of sulfone groups is 1. The lowest BCUT2D eigenvalue weighted by Crippen LogP contribution is -2.29. The molecule has 0 aliphatic heterocycles. The number of hydrogen-bond acceptors (Lipinski definition) is 4. The van der Waals surface area contributed by atoms with Crippen molar-refractivity contribution >= 4 is 25.8 Å². The molecule has 1 aromatic carbocycles. The Hall–Kier alpha value is -0.900. The molecular weight excluding hydrogens is 328 g/mol. The maximum atomic E-state index is 12.1. The molecular formula is C13H17BrN2O2S. The topological polar surface area (TPSA) is 61.2 Å². The van der Waals surface area contributed by atoms with Crippen LogP contribution >= 0.6 is 15.9 Å². The van der Waals surface area contributed by atoms with E-state index in [0.717, 1.165) is 4.47 Å². The molecule has 0 N–H and O–H groups in total. The number of nitriles is 1. The zero-order valence-corrected chi connectivity index (χ0v) is 13.4. The molecule has 0 saturated carbocycles. The van der Waals surface area contributed by atoms with Crippen molar-refractivity contribution in [2.75, 3.05) is 25.9 Å². The first-order valence-corrected chi connectivity index (χ1v) is 8.36. The Morgan fingerprint density at radius 3 is 2.47 bits per heavy atom. The maximum Gasteiger partial charge on any atom is 0.179 e. The monoisotopic (exact) mass is 344 g/mol. The van der Waals surface area contributed by atoms with Gasteiger partial charge in [-0.15, -0.1) is 0 Å². The quantitative estimate of drug-likeness (QED) is 0.794. The minimum atomic E-state index is -3.26. The van der Waals surface area contributed by atoms with Crippen LogP contribution in [0.4, 0.5) is 0 Å². The summed E-state index contributed by atoms with van der Waals surface area (Å²) in [5.74, 6) is -0.0381. The summed E-state index contributed by atoms with van der Waals surface area (Å²) in [4.78, 5) is 2.20. The first-order valence-electron chi connectivity index (χ1n) is 5.91. The lowest BCUT2D eigenvalue weighted by molar-refractivity contribution is 0.327. The van der Waals surface area contributed by atoms with E-state index in [2.05, 4.69) is 22.0 Å². The molecule has 0 radical (unpaired) electrons. The van der Waals surface area contributed by atoms with Gasteiger partial charge in [-0.3, -0.25) is 0 Å². The molecule has 0 bridgehead atoms. The third-order valence-corrected chi connectivity index (χ3v) is 4.96. The summed E-state index contributed by atoms with van der Waals surface area (Å²) in [7, 11) is -1.44. The van der Waals surface area contributed by atoms with Crippen molar-refractivity contribution in [2.45, 2.75) is 11.8 Å². The van der Waals surface area contributed by atoms with Crippen LogP contribution in [-0.4, -0.2) is 39.2 Å². The molecule has 0 fully saturated rings. The van der Waals surface area contributed by atoms with E-state index in [-0.39, 0.29) is 11.7 Å². The molecule has 6 heteroatoms. The molecule has 104 valence electrons. The minimum Gasteiger partial charge on any atom is -0.304 e. The Kier molecular flexibility index (Phi) is 5.98. The third-order valence-electron chi connectivity index (χ3n) is 2.72. The normalized spacial score (nSPS) is 13.2.